The first-order chi connectivity index (χ1) is 11.7. The fraction of sp³-hybridized carbons (Fsp3) is 0.412. The number of rotatable bonds is 6. The molecule has 7 nitrogen and oxygen atoms in total. The molecule has 3 N–H and O–H groups in total. The molecule has 0 atom stereocenters. The van der Waals surface area contributed by atoms with Gasteiger partial charge in [0.2, 0.25) is 5.95 Å². The Morgan fingerprint density at radius 2 is 2.00 bits per heavy atom. The van der Waals surface area contributed by atoms with Crippen LogP contribution in [-0.2, 0) is 4.74 Å². The van der Waals surface area contributed by atoms with Gasteiger partial charge in [-0.2, -0.15) is 4.98 Å². The van der Waals surface area contributed by atoms with Crippen molar-refractivity contribution in [2.24, 2.45) is 0 Å². The summed E-state index contributed by atoms with van der Waals surface area (Å²) in [6, 6.07) is 7.73. The Labute approximate surface area is 141 Å². The molecule has 0 unspecified atom stereocenters. The van der Waals surface area contributed by atoms with E-state index in [0.717, 1.165) is 49.8 Å². The number of ether oxygens (including phenoxy) is 2. The summed E-state index contributed by atoms with van der Waals surface area (Å²) in [5.41, 5.74) is 7.54. The van der Waals surface area contributed by atoms with Crippen LogP contribution in [0.4, 0.5) is 17.5 Å². The Hall–Kier alpha value is -2.38. The van der Waals surface area contributed by atoms with E-state index in [1.54, 1.807) is 6.20 Å². The number of nitrogens with one attached hydrogen (secondary N) is 1. The lowest BCUT2D eigenvalue weighted by atomic mass is 10.3. The number of nitrogens with two attached hydrogens (primary N) is 1. The number of aryl methyl sites for hydroxylation is 1. The molecule has 0 bridgehead atoms. The summed E-state index contributed by atoms with van der Waals surface area (Å²) in [6.07, 6.45) is 1.70. The van der Waals surface area contributed by atoms with E-state index < -0.39 is 0 Å². The van der Waals surface area contributed by atoms with Crippen molar-refractivity contribution in [2.45, 2.75) is 6.92 Å². The predicted octanol–water partition coefficient (Wildman–Crippen LogP) is 1.82. The number of aromatic nitrogens is 2. The lowest BCUT2D eigenvalue weighted by Gasteiger charge is -2.26. The van der Waals surface area contributed by atoms with Gasteiger partial charge in [0.1, 0.15) is 18.2 Å². The van der Waals surface area contributed by atoms with Crippen LogP contribution in [0.1, 0.15) is 5.56 Å². The summed E-state index contributed by atoms with van der Waals surface area (Å²) in [4.78, 5) is 10.8. The Kier molecular flexibility index (Phi) is 5.45. The van der Waals surface area contributed by atoms with E-state index in [4.69, 9.17) is 15.2 Å². The quantitative estimate of drug-likeness (QED) is 0.836. The van der Waals surface area contributed by atoms with Gasteiger partial charge in [-0.15, -0.1) is 0 Å². The van der Waals surface area contributed by atoms with E-state index in [1.165, 1.54) is 0 Å². The molecular weight excluding hydrogens is 306 g/mol. The van der Waals surface area contributed by atoms with Crippen molar-refractivity contribution in [2.75, 3.05) is 50.5 Å². The van der Waals surface area contributed by atoms with Crippen molar-refractivity contribution in [1.29, 1.82) is 0 Å². The Morgan fingerprint density at radius 1 is 1.25 bits per heavy atom. The van der Waals surface area contributed by atoms with Crippen LogP contribution in [-0.4, -0.2) is 54.3 Å². The molecule has 1 fully saturated rings. The molecule has 0 spiro atoms. The third-order valence-corrected chi connectivity index (χ3v) is 3.90. The smallest absolute Gasteiger partial charge is 0.229 e. The number of hydrogen-bond donors (Lipinski definition) is 2. The maximum atomic E-state index is 5.79. The summed E-state index contributed by atoms with van der Waals surface area (Å²) in [5, 5.41) is 3.13. The van der Waals surface area contributed by atoms with E-state index in [9.17, 15) is 0 Å². The van der Waals surface area contributed by atoms with Crippen molar-refractivity contribution in [3.8, 4) is 5.75 Å². The molecular formula is C17H23N5O2. The second-order valence-corrected chi connectivity index (χ2v) is 5.71. The zero-order valence-electron chi connectivity index (χ0n) is 13.9. The topological polar surface area (TPSA) is 85.5 Å². The minimum Gasteiger partial charge on any atom is -0.492 e. The number of anilines is 3. The zero-order chi connectivity index (χ0) is 16.8. The van der Waals surface area contributed by atoms with Gasteiger partial charge in [-0.3, -0.25) is 4.90 Å². The second-order valence-electron chi connectivity index (χ2n) is 5.71. The maximum absolute atomic E-state index is 5.79. The molecule has 1 saturated heterocycles. The summed E-state index contributed by atoms with van der Waals surface area (Å²) in [6.45, 7) is 7.04. The van der Waals surface area contributed by atoms with Gasteiger partial charge in [-0.25, -0.2) is 4.98 Å². The average molecular weight is 329 g/mol. The first-order valence-corrected chi connectivity index (χ1v) is 8.10. The fourth-order valence-electron chi connectivity index (χ4n) is 2.40. The molecule has 7 heteroatoms. The summed E-state index contributed by atoms with van der Waals surface area (Å²) >= 11 is 0. The lowest BCUT2D eigenvalue weighted by molar-refractivity contribution is 0.0322. The zero-order valence-corrected chi connectivity index (χ0v) is 13.9. The largest absolute Gasteiger partial charge is 0.492 e. The monoisotopic (exact) mass is 329 g/mol. The van der Waals surface area contributed by atoms with Crippen LogP contribution in [0.15, 0.2) is 30.5 Å². The van der Waals surface area contributed by atoms with Crippen molar-refractivity contribution >= 4 is 17.5 Å². The van der Waals surface area contributed by atoms with Crippen LogP contribution in [0.3, 0.4) is 0 Å². The minimum absolute atomic E-state index is 0.482. The van der Waals surface area contributed by atoms with Gasteiger partial charge in [0.25, 0.3) is 0 Å². The van der Waals surface area contributed by atoms with Gasteiger partial charge < -0.3 is 20.5 Å². The van der Waals surface area contributed by atoms with Crippen LogP contribution in [0, 0.1) is 6.92 Å². The fourth-order valence-corrected chi connectivity index (χ4v) is 2.40. The maximum Gasteiger partial charge on any atom is 0.229 e. The van der Waals surface area contributed by atoms with Gasteiger partial charge in [0.15, 0.2) is 0 Å². The summed E-state index contributed by atoms with van der Waals surface area (Å²) in [7, 11) is 0. The number of nitrogens with zero attached hydrogens (tertiary/aromatic N) is 3. The number of hydrogen-bond acceptors (Lipinski definition) is 7. The molecule has 0 radical (unpaired) electrons. The summed E-state index contributed by atoms with van der Waals surface area (Å²) in [5.74, 6) is 1.81. The minimum atomic E-state index is 0.482. The molecule has 0 aliphatic carbocycles. The highest BCUT2D eigenvalue weighted by molar-refractivity contribution is 5.56. The molecule has 0 amide bonds. The van der Waals surface area contributed by atoms with Crippen molar-refractivity contribution in [3.05, 3.63) is 36.0 Å². The SMILES string of the molecule is Cc1cnc(Nc2ccc(OCCN3CCOCC3)cc2)nc1N. The highest BCUT2D eigenvalue weighted by Crippen LogP contribution is 2.19. The lowest BCUT2D eigenvalue weighted by Crippen LogP contribution is -2.38. The van der Waals surface area contributed by atoms with Crippen molar-refractivity contribution < 1.29 is 9.47 Å². The van der Waals surface area contributed by atoms with E-state index in [-0.39, 0.29) is 0 Å². The van der Waals surface area contributed by atoms with Crippen LogP contribution < -0.4 is 15.8 Å². The van der Waals surface area contributed by atoms with Gasteiger partial charge >= 0.3 is 0 Å². The van der Waals surface area contributed by atoms with Crippen molar-refractivity contribution in [3.63, 3.8) is 0 Å². The molecule has 24 heavy (non-hydrogen) atoms. The Morgan fingerprint density at radius 3 is 2.71 bits per heavy atom. The number of benzene rings is 1. The molecule has 1 aromatic carbocycles. The van der Waals surface area contributed by atoms with Gasteiger partial charge in [0, 0.05) is 37.1 Å². The third-order valence-electron chi connectivity index (χ3n) is 3.90. The van der Waals surface area contributed by atoms with Crippen LogP contribution in [0.25, 0.3) is 0 Å². The number of nitrogen functional groups attached to an aromatic ring is 1. The van der Waals surface area contributed by atoms with E-state index in [1.807, 2.05) is 31.2 Å². The first kappa shape index (κ1) is 16.5. The van der Waals surface area contributed by atoms with E-state index in [0.29, 0.717) is 18.4 Å². The van der Waals surface area contributed by atoms with Crippen molar-refractivity contribution in [1.82, 2.24) is 14.9 Å². The first-order valence-electron chi connectivity index (χ1n) is 8.10. The molecule has 3 rings (SSSR count). The van der Waals surface area contributed by atoms with Gasteiger partial charge in [-0.05, 0) is 31.2 Å². The highest BCUT2D eigenvalue weighted by atomic mass is 16.5. The van der Waals surface area contributed by atoms with Gasteiger partial charge in [0.05, 0.1) is 13.2 Å². The van der Waals surface area contributed by atoms with Crippen LogP contribution in [0.5, 0.6) is 5.75 Å². The molecule has 1 aliphatic heterocycles. The summed E-state index contributed by atoms with van der Waals surface area (Å²) < 4.78 is 11.1. The van der Waals surface area contributed by atoms with Crippen LogP contribution in [0.2, 0.25) is 0 Å². The molecule has 128 valence electrons. The Bertz CT molecular complexity index is 657. The molecule has 2 heterocycles. The van der Waals surface area contributed by atoms with Gasteiger partial charge in [-0.1, -0.05) is 0 Å². The molecule has 1 aromatic heterocycles. The normalized spacial score (nSPS) is 15.2. The predicted molar refractivity (Wildman–Crippen MR) is 93.7 cm³/mol. The van der Waals surface area contributed by atoms with E-state index in [2.05, 4.69) is 20.2 Å². The van der Waals surface area contributed by atoms with E-state index >= 15 is 0 Å². The average Bonchev–Trinajstić information content (AvgIpc) is 2.61. The molecule has 2 aromatic rings. The molecule has 1 aliphatic rings. The molecule has 0 saturated carbocycles. The van der Waals surface area contributed by atoms with Crippen LogP contribution >= 0.6 is 0 Å². The standard InChI is InChI=1S/C17H23N5O2/c1-13-12-19-17(21-16(13)18)20-14-2-4-15(5-3-14)24-11-8-22-6-9-23-10-7-22/h2-5,12H,6-11H2,1H3,(H3,18,19,20,21). The second kappa shape index (κ2) is 7.94. The highest BCUT2D eigenvalue weighted by Gasteiger charge is 2.09. The number of morpholine rings is 1. The third kappa shape index (κ3) is 4.56. The Balaban J connectivity index is 1.48.